The van der Waals surface area contributed by atoms with Crippen molar-refractivity contribution in [2.75, 3.05) is 6.61 Å². The number of hydrogen-bond donors (Lipinski definition) is 0. The molecule has 0 atom stereocenters. The van der Waals surface area contributed by atoms with E-state index in [4.69, 9.17) is 4.84 Å². The fraction of sp³-hybridized carbons (Fsp3) is 0.519. The number of oxime groups is 1. The van der Waals surface area contributed by atoms with Gasteiger partial charge in [-0.05, 0) is 66.7 Å². The Labute approximate surface area is 177 Å². The summed E-state index contributed by atoms with van der Waals surface area (Å²) in [6.07, 6.45) is 4.57. The Kier molecular flexibility index (Phi) is 6.22. The van der Waals surface area contributed by atoms with Crippen LogP contribution in [0.5, 0.6) is 0 Å². The predicted octanol–water partition coefficient (Wildman–Crippen LogP) is 7.22. The molecule has 0 saturated heterocycles. The highest BCUT2D eigenvalue weighted by Crippen LogP contribution is 2.46. The van der Waals surface area contributed by atoms with Gasteiger partial charge in [0.1, 0.15) is 12.3 Å². The van der Waals surface area contributed by atoms with Crippen LogP contribution >= 0.6 is 0 Å². The van der Waals surface area contributed by atoms with Gasteiger partial charge in [0.25, 0.3) is 0 Å². The monoisotopic (exact) mass is 391 g/mol. The highest BCUT2D eigenvalue weighted by Gasteiger charge is 2.37. The summed E-state index contributed by atoms with van der Waals surface area (Å²) in [4.78, 5) is 5.76. The Balaban J connectivity index is 2.14. The topological polar surface area (TPSA) is 21.6 Å². The molecule has 3 rings (SSSR count). The molecule has 29 heavy (non-hydrogen) atoms. The molecule has 1 aliphatic rings. The van der Waals surface area contributed by atoms with Crippen LogP contribution in [0, 0.1) is 13.8 Å². The van der Waals surface area contributed by atoms with Gasteiger partial charge >= 0.3 is 0 Å². The van der Waals surface area contributed by atoms with Gasteiger partial charge in [-0.3, -0.25) is 0 Å². The zero-order valence-electron chi connectivity index (χ0n) is 19.4. The summed E-state index contributed by atoms with van der Waals surface area (Å²) in [5.41, 5.74) is 9.12. The summed E-state index contributed by atoms with van der Waals surface area (Å²) in [5.74, 6) is 0. The van der Waals surface area contributed by atoms with Crippen LogP contribution in [0.1, 0.15) is 93.7 Å². The Hall–Kier alpha value is -2.09. The van der Waals surface area contributed by atoms with Crippen molar-refractivity contribution in [3.63, 3.8) is 0 Å². The maximum Gasteiger partial charge on any atom is 0.117 e. The highest BCUT2D eigenvalue weighted by atomic mass is 16.6. The second kappa shape index (κ2) is 8.34. The van der Waals surface area contributed by atoms with E-state index in [0.717, 1.165) is 24.1 Å². The van der Waals surface area contributed by atoms with E-state index in [1.165, 1.54) is 40.7 Å². The number of aryl methyl sites for hydroxylation is 2. The average Bonchev–Trinajstić information content (AvgIpc) is 2.67. The lowest BCUT2D eigenvalue weighted by molar-refractivity contribution is 0.141. The first-order valence-electron chi connectivity index (χ1n) is 11.1. The van der Waals surface area contributed by atoms with E-state index in [0.29, 0.717) is 6.61 Å². The van der Waals surface area contributed by atoms with Gasteiger partial charge < -0.3 is 4.84 Å². The Morgan fingerprint density at radius 1 is 0.931 bits per heavy atom. The van der Waals surface area contributed by atoms with Crippen LogP contribution in [0.2, 0.25) is 0 Å². The fourth-order valence-electron chi connectivity index (χ4n) is 4.27. The number of unbranched alkanes of at least 4 members (excludes halogenated alkanes) is 1. The third-order valence-electron chi connectivity index (χ3n) is 6.52. The van der Waals surface area contributed by atoms with Gasteiger partial charge in [-0.2, -0.15) is 0 Å². The summed E-state index contributed by atoms with van der Waals surface area (Å²) >= 11 is 0. The van der Waals surface area contributed by atoms with Crippen molar-refractivity contribution in [2.24, 2.45) is 5.16 Å². The van der Waals surface area contributed by atoms with E-state index in [1.807, 2.05) is 0 Å². The molecule has 0 amide bonds. The minimum Gasteiger partial charge on any atom is -0.395 e. The predicted molar refractivity (Wildman–Crippen MR) is 124 cm³/mol. The van der Waals surface area contributed by atoms with Crippen molar-refractivity contribution in [3.05, 3.63) is 69.8 Å². The molecule has 2 aromatic carbocycles. The maximum atomic E-state index is 5.76. The zero-order valence-corrected chi connectivity index (χ0v) is 19.4. The third-order valence-corrected chi connectivity index (χ3v) is 6.52. The molecule has 2 aromatic rings. The van der Waals surface area contributed by atoms with Crippen molar-refractivity contribution in [2.45, 2.75) is 85.0 Å². The summed E-state index contributed by atoms with van der Waals surface area (Å²) < 4.78 is 0. The lowest BCUT2D eigenvalue weighted by atomic mass is 9.62. The molecule has 0 fully saturated rings. The molecular weight excluding hydrogens is 354 g/mol. The van der Waals surface area contributed by atoms with Crippen LogP contribution < -0.4 is 0 Å². The van der Waals surface area contributed by atoms with Crippen LogP contribution in [-0.2, 0) is 15.7 Å². The van der Waals surface area contributed by atoms with Gasteiger partial charge in [0.2, 0.25) is 0 Å². The molecule has 0 radical (unpaired) electrons. The van der Waals surface area contributed by atoms with Crippen LogP contribution in [-0.4, -0.2) is 12.3 Å². The molecule has 0 heterocycles. The zero-order chi connectivity index (χ0) is 21.2. The van der Waals surface area contributed by atoms with Crippen molar-refractivity contribution >= 4 is 5.71 Å². The van der Waals surface area contributed by atoms with Crippen molar-refractivity contribution in [1.29, 1.82) is 0 Å². The molecule has 2 heteroatoms. The quantitative estimate of drug-likeness (QED) is 0.289. The number of rotatable bonds is 6. The van der Waals surface area contributed by atoms with Gasteiger partial charge in [0, 0.05) is 11.1 Å². The number of nitrogens with zero attached hydrogens (tertiary/aromatic N) is 1. The molecule has 0 spiro atoms. The molecule has 1 aliphatic carbocycles. The molecule has 0 aromatic heterocycles. The molecule has 0 aliphatic heterocycles. The van der Waals surface area contributed by atoms with E-state index in [9.17, 15) is 0 Å². The Morgan fingerprint density at radius 2 is 1.52 bits per heavy atom. The van der Waals surface area contributed by atoms with E-state index >= 15 is 0 Å². The maximum absolute atomic E-state index is 5.76. The highest BCUT2D eigenvalue weighted by molar-refractivity contribution is 6.13. The molecule has 0 unspecified atom stereocenters. The first-order valence-corrected chi connectivity index (χ1v) is 11.1. The largest absolute Gasteiger partial charge is 0.395 e. The van der Waals surface area contributed by atoms with Crippen LogP contribution in [0.3, 0.4) is 0 Å². The van der Waals surface area contributed by atoms with Gasteiger partial charge in [-0.25, -0.2) is 0 Å². The summed E-state index contributed by atoms with van der Waals surface area (Å²) in [6.45, 7) is 16.7. The number of benzene rings is 2. The standard InChI is InChI=1S/C27H37NO/c1-8-9-16-29-28-25(21-12-10-19(2)11-13-21)22-18-24-23(17-20(22)3)26(4,5)14-15-27(24,6)7/h10-13,17-18H,8-9,14-16H2,1-7H3/b28-25+. The second-order valence-electron chi connectivity index (χ2n) is 9.97. The third kappa shape index (κ3) is 4.57. The minimum atomic E-state index is 0.175. The van der Waals surface area contributed by atoms with Gasteiger partial charge in [0.05, 0.1) is 0 Å². The smallest absolute Gasteiger partial charge is 0.117 e. The van der Waals surface area contributed by atoms with E-state index in [-0.39, 0.29) is 10.8 Å². The van der Waals surface area contributed by atoms with Gasteiger partial charge in [-0.15, -0.1) is 0 Å². The van der Waals surface area contributed by atoms with Crippen molar-refractivity contribution in [3.8, 4) is 0 Å². The van der Waals surface area contributed by atoms with Crippen LogP contribution in [0.25, 0.3) is 0 Å². The normalized spacial score (nSPS) is 17.7. The first-order chi connectivity index (χ1) is 13.7. The number of fused-ring (bicyclic) bond motifs is 1. The lowest BCUT2D eigenvalue weighted by Gasteiger charge is -2.42. The van der Waals surface area contributed by atoms with Crippen molar-refractivity contribution < 1.29 is 4.84 Å². The van der Waals surface area contributed by atoms with E-state index in [2.05, 4.69) is 90.0 Å². The molecule has 0 bridgehead atoms. The van der Waals surface area contributed by atoms with Gasteiger partial charge in [-0.1, -0.05) is 82.1 Å². The van der Waals surface area contributed by atoms with E-state index < -0.39 is 0 Å². The van der Waals surface area contributed by atoms with Crippen molar-refractivity contribution in [1.82, 2.24) is 0 Å². The fourth-order valence-corrected chi connectivity index (χ4v) is 4.27. The van der Waals surface area contributed by atoms with Gasteiger partial charge in [0.15, 0.2) is 0 Å². The molecule has 2 nitrogen and oxygen atoms in total. The Morgan fingerprint density at radius 3 is 2.10 bits per heavy atom. The molecule has 156 valence electrons. The second-order valence-corrected chi connectivity index (χ2v) is 9.97. The van der Waals surface area contributed by atoms with Crippen LogP contribution in [0.15, 0.2) is 41.6 Å². The summed E-state index contributed by atoms with van der Waals surface area (Å²) in [6, 6.07) is 13.4. The lowest BCUT2D eigenvalue weighted by Crippen LogP contribution is -2.34. The average molecular weight is 392 g/mol. The molecule has 0 saturated carbocycles. The minimum absolute atomic E-state index is 0.175. The number of hydrogen-bond acceptors (Lipinski definition) is 2. The van der Waals surface area contributed by atoms with E-state index in [1.54, 1.807) is 0 Å². The Bertz CT molecular complexity index is 887. The van der Waals surface area contributed by atoms with Crippen LogP contribution in [0.4, 0.5) is 0 Å². The molecular formula is C27H37NO. The summed E-state index contributed by atoms with van der Waals surface area (Å²) in [5, 5.41) is 4.64. The summed E-state index contributed by atoms with van der Waals surface area (Å²) in [7, 11) is 0. The molecule has 0 N–H and O–H groups in total. The first kappa shape index (κ1) is 21.6. The SMILES string of the molecule is CCCCO/N=C(\c1ccc(C)cc1)c1cc2c(cc1C)C(C)(C)CCC2(C)C.